The van der Waals surface area contributed by atoms with Gasteiger partial charge >= 0.3 is 0 Å². The van der Waals surface area contributed by atoms with Gasteiger partial charge in [0, 0.05) is 18.7 Å². The molecule has 0 spiro atoms. The lowest BCUT2D eigenvalue weighted by Gasteiger charge is -2.24. The molecule has 0 unspecified atom stereocenters. The van der Waals surface area contributed by atoms with Gasteiger partial charge in [0.25, 0.3) is 0 Å². The highest BCUT2D eigenvalue weighted by Crippen LogP contribution is 2.34. The van der Waals surface area contributed by atoms with Gasteiger partial charge in [0.1, 0.15) is 0 Å². The molecule has 0 bridgehead atoms. The Morgan fingerprint density at radius 3 is 2.81 bits per heavy atom. The molecule has 4 heteroatoms. The lowest BCUT2D eigenvalue weighted by atomic mass is 9.82. The fourth-order valence-corrected chi connectivity index (χ4v) is 2.42. The molecule has 16 heavy (non-hydrogen) atoms. The molecule has 2 rings (SSSR count). The minimum atomic E-state index is 0.642. The van der Waals surface area contributed by atoms with Crippen LogP contribution < -0.4 is 5.73 Å². The molecule has 0 amide bonds. The third kappa shape index (κ3) is 2.82. The fraction of sp³-hybridized carbons (Fsp3) is 0.833. The Labute approximate surface area is 97.2 Å². The highest BCUT2D eigenvalue weighted by atomic mass is 15.4. The summed E-state index contributed by atoms with van der Waals surface area (Å²) in [5.41, 5.74) is 6.66. The van der Waals surface area contributed by atoms with Crippen LogP contribution in [0.3, 0.4) is 0 Å². The SMILES string of the molecule is CC1CCC(c2cn(CCCN)nn2)CC1. The van der Waals surface area contributed by atoms with Crippen LogP contribution in [0.2, 0.25) is 0 Å². The number of aryl methyl sites for hydroxylation is 1. The molecule has 0 saturated heterocycles. The topological polar surface area (TPSA) is 56.7 Å². The summed E-state index contributed by atoms with van der Waals surface area (Å²) >= 11 is 0. The first-order valence-electron chi connectivity index (χ1n) is 6.39. The molecule has 0 radical (unpaired) electrons. The number of nitrogens with zero attached hydrogens (tertiary/aromatic N) is 3. The molecule has 0 atom stereocenters. The maximum absolute atomic E-state index is 5.48. The van der Waals surface area contributed by atoms with Gasteiger partial charge in [0.05, 0.1) is 5.69 Å². The molecular weight excluding hydrogens is 200 g/mol. The molecule has 1 heterocycles. The first kappa shape index (κ1) is 11.6. The summed E-state index contributed by atoms with van der Waals surface area (Å²) in [5, 5.41) is 8.45. The molecular formula is C12H22N4. The molecule has 4 nitrogen and oxygen atoms in total. The van der Waals surface area contributed by atoms with E-state index >= 15 is 0 Å². The van der Waals surface area contributed by atoms with Crippen LogP contribution in [0.5, 0.6) is 0 Å². The Hall–Kier alpha value is -0.900. The van der Waals surface area contributed by atoms with E-state index in [2.05, 4.69) is 23.4 Å². The lowest BCUT2D eigenvalue weighted by molar-refractivity contribution is 0.344. The summed E-state index contributed by atoms with van der Waals surface area (Å²) in [6, 6.07) is 0. The van der Waals surface area contributed by atoms with E-state index in [0.717, 1.165) is 25.4 Å². The first-order chi connectivity index (χ1) is 7.79. The predicted octanol–water partition coefficient (Wildman–Crippen LogP) is 1.92. The zero-order valence-electron chi connectivity index (χ0n) is 10.1. The zero-order chi connectivity index (χ0) is 11.4. The summed E-state index contributed by atoms with van der Waals surface area (Å²) in [7, 11) is 0. The standard InChI is InChI=1S/C12H22N4/c1-10-3-5-11(6-4-10)12-9-16(15-14-12)8-2-7-13/h9-11H,2-8,13H2,1H3. The molecule has 90 valence electrons. The summed E-state index contributed by atoms with van der Waals surface area (Å²) in [5.74, 6) is 1.53. The predicted molar refractivity (Wildman–Crippen MR) is 64.1 cm³/mol. The summed E-state index contributed by atoms with van der Waals surface area (Å²) in [6.45, 7) is 3.96. The van der Waals surface area contributed by atoms with Crippen LogP contribution in [-0.2, 0) is 6.54 Å². The second-order valence-electron chi connectivity index (χ2n) is 5.01. The summed E-state index contributed by atoms with van der Waals surface area (Å²) < 4.78 is 1.93. The van der Waals surface area contributed by atoms with Crippen LogP contribution in [0.15, 0.2) is 6.20 Å². The van der Waals surface area contributed by atoms with E-state index in [9.17, 15) is 0 Å². The fourth-order valence-electron chi connectivity index (χ4n) is 2.42. The number of nitrogens with two attached hydrogens (primary N) is 1. The quantitative estimate of drug-likeness (QED) is 0.846. The highest BCUT2D eigenvalue weighted by Gasteiger charge is 2.21. The lowest BCUT2D eigenvalue weighted by Crippen LogP contribution is -2.11. The van der Waals surface area contributed by atoms with Gasteiger partial charge in [0.15, 0.2) is 0 Å². The van der Waals surface area contributed by atoms with E-state index < -0.39 is 0 Å². The van der Waals surface area contributed by atoms with Gasteiger partial charge in [-0.2, -0.15) is 0 Å². The van der Waals surface area contributed by atoms with Crippen molar-refractivity contribution in [3.05, 3.63) is 11.9 Å². The average molecular weight is 222 g/mol. The van der Waals surface area contributed by atoms with E-state index in [-0.39, 0.29) is 0 Å². The Bertz CT molecular complexity index is 313. The molecule has 1 aromatic heterocycles. The van der Waals surface area contributed by atoms with Gasteiger partial charge < -0.3 is 5.73 Å². The number of rotatable bonds is 4. The van der Waals surface area contributed by atoms with Crippen LogP contribution in [0.25, 0.3) is 0 Å². The van der Waals surface area contributed by atoms with E-state index in [1.54, 1.807) is 0 Å². The maximum Gasteiger partial charge on any atom is 0.0857 e. The van der Waals surface area contributed by atoms with E-state index in [0.29, 0.717) is 5.92 Å². The van der Waals surface area contributed by atoms with Gasteiger partial charge in [0.2, 0.25) is 0 Å². The second kappa shape index (κ2) is 5.43. The number of hydrogen-bond donors (Lipinski definition) is 1. The van der Waals surface area contributed by atoms with Crippen molar-refractivity contribution in [2.45, 2.75) is 51.5 Å². The van der Waals surface area contributed by atoms with Crippen LogP contribution >= 0.6 is 0 Å². The van der Waals surface area contributed by atoms with Gasteiger partial charge in [-0.15, -0.1) is 5.10 Å². The Balaban J connectivity index is 1.91. The van der Waals surface area contributed by atoms with Crippen LogP contribution in [-0.4, -0.2) is 21.5 Å². The number of aromatic nitrogens is 3. The third-order valence-corrected chi connectivity index (χ3v) is 3.58. The smallest absolute Gasteiger partial charge is 0.0857 e. The van der Waals surface area contributed by atoms with Crippen molar-refractivity contribution in [1.82, 2.24) is 15.0 Å². The maximum atomic E-state index is 5.48. The van der Waals surface area contributed by atoms with Crippen molar-refractivity contribution in [2.24, 2.45) is 11.7 Å². The van der Waals surface area contributed by atoms with Crippen molar-refractivity contribution in [1.29, 1.82) is 0 Å². The van der Waals surface area contributed by atoms with Gasteiger partial charge in [-0.1, -0.05) is 25.0 Å². The van der Waals surface area contributed by atoms with Gasteiger partial charge in [-0.3, -0.25) is 4.68 Å². The van der Waals surface area contributed by atoms with Crippen molar-refractivity contribution in [3.63, 3.8) is 0 Å². The van der Waals surface area contributed by atoms with Crippen LogP contribution in [0, 0.1) is 5.92 Å². The first-order valence-corrected chi connectivity index (χ1v) is 6.39. The van der Waals surface area contributed by atoms with Crippen LogP contribution in [0.1, 0.15) is 50.6 Å². The Kier molecular flexibility index (Phi) is 3.93. The molecule has 0 aliphatic heterocycles. The van der Waals surface area contributed by atoms with Crippen molar-refractivity contribution >= 4 is 0 Å². The highest BCUT2D eigenvalue weighted by molar-refractivity contribution is 5.03. The van der Waals surface area contributed by atoms with Gasteiger partial charge in [-0.05, 0) is 31.7 Å². The van der Waals surface area contributed by atoms with E-state index in [1.165, 1.54) is 31.4 Å². The zero-order valence-corrected chi connectivity index (χ0v) is 10.1. The molecule has 1 fully saturated rings. The van der Waals surface area contributed by atoms with Crippen molar-refractivity contribution < 1.29 is 0 Å². The van der Waals surface area contributed by atoms with Crippen molar-refractivity contribution in [3.8, 4) is 0 Å². The van der Waals surface area contributed by atoms with Gasteiger partial charge in [-0.25, -0.2) is 0 Å². The number of hydrogen-bond acceptors (Lipinski definition) is 3. The normalized spacial score (nSPS) is 25.9. The molecule has 1 aliphatic carbocycles. The largest absolute Gasteiger partial charge is 0.330 e. The Morgan fingerprint density at radius 1 is 1.38 bits per heavy atom. The monoisotopic (exact) mass is 222 g/mol. The van der Waals surface area contributed by atoms with E-state index in [1.807, 2.05) is 4.68 Å². The molecule has 0 aromatic carbocycles. The van der Waals surface area contributed by atoms with E-state index in [4.69, 9.17) is 5.73 Å². The Morgan fingerprint density at radius 2 is 2.12 bits per heavy atom. The van der Waals surface area contributed by atoms with Crippen molar-refractivity contribution in [2.75, 3.05) is 6.54 Å². The summed E-state index contributed by atoms with van der Waals surface area (Å²) in [6.07, 6.45) is 8.30. The molecule has 1 aromatic rings. The minimum Gasteiger partial charge on any atom is -0.330 e. The summed E-state index contributed by atoms with van der Waals surface area (Å²) in [4.78, 5) is 0. The molecule has 2 N–H and O–H groups in total. The molecule has 1 aliphatic rings. The minimum absolute atomic E-state index is 0.642. The van der Waals surface area contributed by atoms with Crippen LogP contribution in [0.4, 0.5) is 0 Å². The average Bonchev–Trinajstić information content (AvgIpc) is 2.76. The second-order valence-corrected chi connectivity index (χ2v) is 5.01. The molecule has 1 saturated carbocycles. The third-order valence-electron chi connectivity index (χ3n) is 3.58.